The maximum Gasteiger partial charge on any atom is 0.433 e. The maximum absolute atomic E-state index is 13.2. The first-order chi connectivity index (χ1) is 24.2. The Kier molecular flexibility index (Phi) is 12.9. The maximum atomic E-state index is 13.2. The first kappa shape index (κ1) is 42.3. The van der Waals surface area contributed by atoms with E-state index >= 15 is 0 Å². The van der Waals surface area contributed by atoms with E-state index in [1.54, 1.807) is 0 Å². The van der Waals surface area contributed by atoms with Gasteiger partial charge in [0.05, 0.1) is 34.4 Å². The van der Waals surface area contributed by atoms with Crippen molar-refractivity contribution in [1.82, 2.24) is 20.6 Å². The highest BCUT2D eigenvalue weighted by molar-refractivity contribution is 5.87. The lowest BCUT2D eigenvalue weighted by Gasteiger charge is -2.29. The Balaban J connectivity index is 0.000000232. The number of hydrogen-bond acceptors (Lipinski definition) is 6. The fourth-order valence-electron chi connectivity index (χ4n) is 6.52. The van der Waals surface area contributed by atoms with Gasteiger partial charge in [0, 0.05) is 22.9 Å². The van der Waals surface area contributed by atoms with E-state index in [2.05, 4.69) is 20.6 Å². The van der Waals surface area contributed by atoms with Gasteiger partial charge in [-0.2, -0.15) is 52.7 Å². The van der Waals surface area contributed by atoms with E-state index in [4.69, 9.17) is 0 Å². The van der Waals surface area contributed by atoms with Crippen LogP contribution in [0, 0.1) is 0 Å². The molecule has 4 N–H and O–H groups in total. The molecule has 0 radical (unpaired) electrons. The zero-order chi connectivity index (χ0) is 38.2. The summed E-state index contributed by atoms with van der Waals surface area (Å²) in [7, 11) is 0. The summed E-state index contributed by atoms with van der Waals surface area (Å²) in [6, 6.07) is 6.31. The van der Waals surface area contributed by atoms with E-state index in [1.165, 1.54) is 12.1 Å². The standard InChI is InChI=1S/2C17H16F6N2O.ClH/c2*18-16(19,20)11-5-3-4-9-10(15(26)12-6-1-2-7-24-12)8-13(17(21,22)23)25-14(9)11;/h2*3-5,8,12,15,24,26H,1-2,6-7H2;1H/t2*12-,15+;/m11./s1. The minimum Gasteiger partial charge on any atom is -0.387 e. The minimum absolute atomic E-state index is 0. The summed E-state index contributed by atoms with van der Waals surface area (Å²) in [4.78, 5) is 6.45. The van der Waals surface area contributed by atoms with Gasteiger partial charge in [0.25, 0.3) is 0 Å². The van der Waals surface area contributed by atoms with E-state index in [9.17, 15) is 62.9 Å². The van der Waals surface area contributed by atoms with Crippen molar-refractivity contribution in [2.45, 2.75) is 87.5 Å². The number of aromatic nitrogens is 2. The fraction of sp³-hybridized carbons (Fsp3) is 0.471. The number of hydrogen-bond donors (Lipinski definition) is 4. The van der Waals surface area contributed by atoms with Gasteiger partial charge in [-0.25, -0.2) is 9.97 Å². The third-order valence-corrected chi connectivity index (χ3v) is 9.03. The van der Waals surface area contributed by atoms with Crippen molar-refractivity contribution in [3.8, 4) is 0 Å². The smallest absolute Gasteiger partial charge is 0.387 e. The van der Waals surface area contributed by atoms with Crippen molar-refractivity contribution >= 4 is 34.2 Å². The van der Waals surface area contributed by atoms with Crippen molar-refractivity contribution in [3.05, 3.63) is 82.2 Å². The lowest BCUT2D eigenvalue weighted by atomic mass is 9.91. The van der Waals surface area contributed by atoms with Crippen molar-refractivity contribution in [2.75, 3.05) is 13.1 Å². The lowest BCUT2D eigenvalue weighted by molar-refractivity contribution is -0.142. The van der Waals surface area contributed by atoms with Gasteiger partial charge in [-0.05, 0) is 74.2 Å². The Morgan fingerprint density at radius 3 is 1.19 bits per heavy atom. The predicted octanol–water partition coefficient (Wildman–Crippen LogP) is 9.32. The second-order valence-electron chi connectivity index (χ2n) is 12.6. The number of benzene rings is 2. The minimum atomic E-state index is -4.93. The number of pyridine rings is 2. The molecule has 292 valence electrons. The number of aliphatic hydroxyl groups is 2. The molecule has 4 atom stereocenters. The second-order valence-corrected chi connectivity index (χ2v) is 12.6. The van der Waals surface area contributed by atoms with Crippen LogP contribution < -0.4 is 10.6 Å². The van der Waals surface area contributed by atoms with E-state index in [1.807, 2.05) is 0 Å². The number of halogens is 13. The number of alkyl halides is 12. The van der Waals surface area contributed by atoms with Crippen LogP contribution >= 0.6 is 12.4 Å². The molecule has 0 spiro atoms. The van der Waals surface area contributed by atoms with Crippen LogP contribution in [0.25, 0.3) is 21.8 Å². The van der Waals surface area contributed by atoms with Gasteiger partial charge >= 0.3 is 24.7 Å². The lowest BCUT2D eigenvalue weighted by Crippen LogP contribution is -2.39. The third kappa shape index (κ3) is 9.62. The van der Waals surface area contributed by atoms with Crippen LogP contribution in [0.4, 0.5) is 52.7 Å². The zero-order valence-electron chi connectivity index (χ0n) is 27.3. The molecule has 4 aromatic rings. The fourth-order valence-corrected chi connectivity index (χ4v) is 6.52. The largest absolute Gasteiger partial charge is 0.433 e. The summed E-state index contributed by atoms with van der Waals surface area (Å²) in [5.74, 6) is 0. The van der Waals surface area contributed by atoms with E-state index in [-0.39, 0.29) is 34.3 Å². The average Bonchev–Trinajstić information content (AvgIpc) is 3.09. The highest BCUT2D eigenvalue weighted by atomic mass is 35.5. The molecule has 0 saturated carbocycles. The Bertz CT molecular complexity index is 1730. The highest BCUT2D eigenvalue weighted by Gasteiger charge is 2.40. The molecule has 2 fully saturated rings. The quantitative estimate of drug-likeness (QED) is 0.154. The van der Waals surface area contributed by atoms with E-state index < -0.39 is 82.5 Å². The van der Waals surface area contributed by atoms with Gasteiger partial charge in [0.1, 0.15) is 11.4 Å². The van der Waals surface area contributed by atoms with Crippen molar-refractivity contribution in [2.24, 2.45) is 0 Å². The van der Waals surface area contributed by atoms with Crippen LogP contribution in [0.2, 0.25) is 0 Å². The summed E-state index contributed by atoms with van der Waals surface area (Å²) in [5, 5.41) is 26.9. The first-order valence-electron chi connectivity index (χ1n) is 16.2. The molecule has 2 aliphatic heterocycles. The molecule has 0 aliphatic carbocycles. The topological polar surface area (TPSA) is 90.3 Å². The molecular formula is C34H33ClF12N4O2. The van der Waals surface area contributed by atoms with Crippen molar-refractivity contribution in [1.29, 1.82) is 0 Å². The predicted molar refractivity (Wildman–Crippen MR) is 172 cm³/mol. The Labute approximate surface area is 300 Å². The van der Waals surface area contributed by atoms with Gasteiger partial charge < -0.3 is 20.8 Å². The van der Waals surface area contributed by atoms with E-state index in [0.29, 0.717) is 50.2 Å². The average molecular weight is 793 g/mol. The molecule has 2 aromatic carbocycles. The third-order valence-electron chi connectivity index (χ3n) is 9.03. The molecule has 4 heterocycles. The number of aliphatic hydroxyl groups excluding tert-OH is 2. The van der Waals surface area contributed by atoms with E-state index in [0.717, 1.165) is 37.8 Å². The van der Waals surface area contributed by atoms with Gasteiger partial charge in [0.2, 0.25) is 0 Å². The number of para-hydroxylation sites is 2. The van der Waals surface area contributed by atoms with Gasteiger partial charge in [-0.1, -0.05) is 37.1 Å². The molecule has 6 nitrogen and oxygen atoms in total. The molecule has 2 aliphatic rings. The van der Waals surface area contributed by atoms with Gasteiger partial charge in [-0.3, -0.25) is 0 Å². The van der Waals surface area contributed by atoms with Crippen LogP contribution in [0.15, 0.2) is 48.5 Å². The first-order valence-corrected chi connectivity index (χ1v) is 16.2. The number of nitrogens with zero attached hydrogens (tertiary/aromatic N) is 2. The van der Waals surface area contributed by atoms with Crippen LogP contribution in [0.3, 0.4) is 0 Å². The van der Waals surface area contributed by atoms with Gasteiger partial charge in [-0.15, -0.1) is 12.4 Å². The number of piperidine rings is 2. The Morgan fingerprint density at radius 2 is 0.906 bits per heavy atom. The van der Waals surface area contributed by atoms with Gasteiger partial charge in [0.15, 0.2) is 0 Å². The molecule has 0 amide bonds. The van der Waals surface area contributed by atoms with Crippen molar-refractivity contribution in [3.63, 3.8) is 0 Å². The van der Waals surface area contributed by atoms with Crippen LogP contribution in [-0.2, 0) is 24.7 Å². The number of rotatable bonds is 4. The Morgan fingerprint density at radius 1 is 0.547 bits per heavy atom. The number of fused-ring (bicyclic) bond motifs is 2. The second kappa shape index (κ2) is 16.1. The summed E-state index contributed by atoms with van der Waals surface area (Å²) in [6.07, 6.45) is -18.0. The molecule has 19 heteroatoms. The van der Waals surface area contributed by atoms with Crippen molar-refractivity contribution < 1.29 is 62.9 Å². The molecule has 6 rings (SSSR count). The van der Waals surface area contributed by atoms with Crippen LogP contribution in [0.5, 0.6) is 0 Å². The molecular weight excluding hydrogens is 760 g/mol. The SMILES string of the molecule is Cl.O[C@@H](c1cc(C(F)(F)F)nc2c(C(F)(F)F)cccc12)[C@H]1CCCCN1.O[C@@H](c1cc(C(F)(F)F)nc2c(C(F)(F)F)cccc12)[C@H]1CCCCN1. The summed E-state index contributed by atoms with van der Waals surface area (Å²) in [6.45, 7) is 1.18. The van der Waals surface area contributed by atoms with Crippen LogP contribution in [-0.4, -0.2) is 45.4 Å². The molecule has 0 unspecified atom stereocenters. The molecule has 0 bridgehead atoms. The summed E-state index contributed by atoms with van der Waals surface area (Å²) >= 11 is 0. The molecule has 2 aromatic heterocycles. The molecule has 53 heavy (non-hydrogen) atoms. The molecule has 2 saturated heterocycles. The normalized spacial score (nSPS) is 20.0. The summed E-state index contributed by atoms with van der Waals surface area (Å²) < 4.78 is 159. The van der Waals surface area contributed by atoms with Crippen LogP contribution in [0.1, 0.15) is 84.4 Å². The Hall–Kier alpha value is -3.45. The monoisotopic (exact) mass is 792 g/mol. The zero-order valence-corrected chi connectivity index (χ0v) is 28.1. The highest BCUT2D eigenvalue weighted by Crippen LogP contribution is 2.42. The summed E-state index contributed by atoms with van der Waals surface area (Å²) in [5.41, 5.74) is -7.43. The number of nitrogens with one attached hydrogen (secondary N) is 2.